The molecule has 0 radical (unpaired) electrons. The van der Waals surface area contributed by atoms with Gasteiger partial charge in [-0.15, -0.1) is 0 Å². The van der Waals surface area contributed by atoms with Crippen molar-refractivity contribution >= 4 is 0 Å². The van der Waals surface area contributed by atoms with Gasteiger partial charge in [0.25, 0.3) is 0 Å². The van der Waals surface area contributed by atoms with Gasteiger partial charge in [0, 0.05) is 0 Å². The zero-order valence-corrected chi connectivity index (χ0v) is 7.69. The van der Waals surface area contributed by atoms with Gasteiger partial charge in [0.1, 0.15) is 0 Å². The minimum absolute atomic E-state index is 0. The molecule has 0 N–H and O–H groups in total. The van der Waals surface area contributed by atoms with Gasteiger partial charge in [-0.1, -0.05) is 0 Å². The van der Waals surface area contributed by atoms with Crippen molar-refractivity contribution < 1.29 is 77.0 Å². The number of hydrogen-bond acceptors (Lipinski definition) is 0. The summed E-state index contributed by atoms with van der Waals surface area (Å²) in [5.41, 5.74) is 0. The fourth-order valence-corrected chi connectivity index (χ4v) is 0. The number of rotatable bonds is 0. The third-order valence-electron chi connectivity index (χ3n) is 0. The van der Waals surface area contributed by atoms with Crippen molar-refractivity contribution in [3.8, 4) is 0 Å². The molecule has 0 rings (SSSR count). The molecule has 0 spiro atoms. The monoisotopic (exact) mass is 246 g/mol. The van der Waals surface area contributed by atoms with Crippen molar-refractivity contribution in [2.75, 3.05) is 0 Å². The Balaban J connectivity index is 0. The Morgan fingerprint density at radius 2 is 0.500 bits per heavy atom. The SMILES string of the molecule is [Nb+5].[O-2].[O-2].[O-2].[O-2].[Y+3]. The summed E-state index contributed by atoms with van der Waals surface area (Å²) in [5.74, 6) is 0. The first-order chi connectivity index (χ1) is 0. The summed E-state index contributed by atoms with van der Waals surface area (Å²) >= 11 is 0. The zero-order chi connectivity index (χ0) is 0. The van der Waals surface area contributed by atoms with Gasteiger partial charge in [-0.2, -0.15) is 0 Å². The molecule has 0 aliphatic carbocycles. The second-order valence-electron chi connectivity index (χ2n) is 0. The topological polar surface area (TPSA) is 114 Å². The standard InChI is InChI=1S/Nb.4O.Y/q+5;4*-2;+3. The molecule has 0 atom stereocenters. The largest absolute Gasteiger partial charge is 5.00 e. The second-order valence-corrected chi connectivity index (χ2v) is 0. The van der Waals surface area contributed by atoms with Crippen LogP contribution in [-0.2, 0) is 77.0 Å². The Hall–Kier alpha value is 1.68. The summed E-state index contributed by atoms with van der Waals surface area (Å²) in [7, 11) is 0. The van der Waals surface area contributed by atoms with Gasteiger partial charge in [0.15, 0.2) is 0 Å². The molecule has 0 unspecified atom stereocenters. The van der Waals surface area contributed by atoms with Crippen molar-refractivity contribution in [3.05, 3.63) is 0 Å². The quantitative estimate of drug-likeness (QED) is 0.513. The van der Waals surface area contributed by atoms with Crippen LogP contribution in [0.1, 0.15) is 0 Å². The molecule has 0 saturated heterocycles. The van der Waals surface area contributed by atoms with Crippen LogP contribution in [-0.4, -0.2) is 0 Å². The van der Waals surface area contributed by atoms with Crippen LogP contribution >= 0.6 is 0 Å². The summed E-state index contributed by atoms with van der Waals surface area (Å²) in [5, 5.41) is 0. The molecule has 32 valence electrons. The van der Waals surface area contributed by atoms with Gasteiger partial charge >= 0.3 is 55.1 Å². The summed E-state index contributed by atoms with van der Waals surface area (Å²) in [6, 6.07) is 0. The molecule has 0 heterocycles. The van der Waals surface area contributed by atoms with E-state index in [1.807, 2.05) is 0 Å². The van der Waals surface area contributed by atoms with E-state index in [0.29, 0.717) is 0 Å². The van der Waals surface area contributed by atoms with Gasteiger partial charge in [0.05, 0.1) is 0 Å². The first kappa shape index (κ1) is 121. The Morgan fingerprint density at radius 1 is 0.500 bits per heavy atom. The summed E-state index contributed by atoms with van der Waals surface area (Å²) < 4.78 is 0. The van der Waals surface area contributed by atoms with E-state index in [2.05, 4.69) is 0 Å². The van der Waals surface area contributed by atoms with Gasteiger partial charge in [-0.3, -0.25) is 0 Å². The van der Waals surface area contributed by atoms with Crippen LogP contribution in [0.5, 0.6) is 0 Å². The molecule has 6 heteroatoms. The van der Waals surface area contributed by atoms with Crippen molar-refractivity contribution in [2.45, 2.75) is 0 Å². The maximum Gasteiger partial charge on any atom is 5.00 e. The molecular weight excluding hydrogens is 246 g/mol. The van der Waals surface area contributed by atoms with Crippen LogP contribution in [0.3, 0.4) is 0 Å². The molecule has 0 fully saturated rings. The van der Waals surface area contributed by atoms with E-state index in [4.69, 9.17) is 0 Å². The smallest absolute Gasteiger partial charge is 2.00 e. The molecule has 4 nitrogen and oxygen atoms in total. The predicted molar refractivity (Wildman–Crippen MR) is 2.75 cm³/mol. The number of hydrogen-bond donors (Lipinski definition) is 0. The Kier molecular flexibility index (Phi) is 1540. The molecular formula is NbO4Y. The maximum absolute atomic E-state index is 0. The minimum Gasteiger partial charge on any atom is -2.00 e. The van der Waals surface area contributed by atoms with Gasteiger partial charge in [0.2, 0.25) is 0 Å². The van der Waals surface area contributed by atoms with Crippen molar-refractivity contribution in [3.63, 3.8) is 0 Å². The maximum atomic E-state index is 0. The van der Waals surface area contributed by atoms with Crippen LogP contribution in [0.2, 0.25) is 0 Å². The molecule has 0 bridgehead atoms. The third kappa shape index (κ3) is 44.0. The first-order valence-corrected chi connectivity index (χ1v) is 0. The molecule has 0 aliphatic heterocycles. The van der Waals surface area contributed by atoms with Crippen LogP contribution in [0, 0.1) is 0 Å². The normalized spacial score (nSPS) is 0. The fraction of sp³-hybridized carbons (Fsp3) is 0. The Labute approximate surface area is 76.3 Å². The van der Waals surface area contributed by atoms with Crippen LogP contribution in [0.4, 0.5) is 0 Å². The van der Waals surface area contributed by atoms with E-state index in [0.717, 1.165) is 0 Å². The molecule has 0 aromatic rings. The third-order valence-corrected chi connectivity index (χ3v) is 0. The summed E-state index contributed by atoms with van der Waals surface area (Å²) in [6.07, 6.45) is 0. The minimum atomic E-state index is 0. The van der Waals surface area contributed by atoms with Gasteiger partial charge in [-0.25, -0.2) is 0 Å². The van der Waals surface area contributed by atoms with Gasteiger partial charge in [-0.05, 0) is 0 Å². The average Bonchev–Trinajstić information content (AvgIpc) is 0. The fourth-order valence-electron chi connectivity index (χ4n) is 0. The second kappa shape index (κ2) is 76.1. The van der Waals surface area contributed by atoms with E-state index in [-0.39, 0.29) is 77.0 Å². The van der Waals surface area contributed by atoms with Gasteiger partial charge < -0.3 is 21.9 Å². The van der Waals surface area contributed by atoms with E-state index < -0.39 is 0 Å². The Bertz CT molecular complexity index is 7.51. The molecule has 0 amide bonds. The first-order valence-electron chi connectivity index (χ1n) is 0. The molecule has 0 saturated carbocycles. The molecule has 6 heavy (non-hydrogen) atoms. The predicted octanol–water partition coefficient (Wildman–Crippen LogP) is -0.480. The molecule has 0 aromatic carbocycles. The van der Waals surface area contributed by atoms with Crippen LogP contribution < -0.4 is 0 Å². The van der Waals surface area contributed by atoms with E-state index in [1.54, 1.807) is 0 Å². The average molecular weight is 246 g/mol. The Morgan fingerprint density at radius 3 is 0.500 bits per heavy atom. The van der Waals surface area contributed by atoms with E-state index >= 15 is 0 Å². The van der Waals surface area contributed by atoms with E-state index in [1.165, 1.54) is 0 Å². The molecule has 0 aliphatic rings. The summed E-state index contributed by atoms with van der Waals surface area (Å²) in [4.78, 5) is 0. The van der Waals surface area contributed by atoms with Crippen molar-refractivity contribution in [1.29, 1.82) is 0 Å². The van der Waals surface area contributed by atoms with Crippen LogP contribution in [0.25, 0.3) is 0 Å². The zero-order valence-electron chi connectivity index (χ0n) is 2.66. The molecule has 0 aromatic heterocycles. The van der Waals surface area contributed by atoms with Crippen molar-refractivity contribution in [1.82, 2.24) is 0 Å². The van der Waals surface area contributed by atoms with Crippen LogP contribution in [0.15, 0.2) is 0 Å². The van der Waals surface area contributed by atoms with Crippen molar-refractivity contribution in [2.24, 2.45) is 0 Å². The van der Waals surface area contributed by atoms with E-state index in [9.17, 15) is 0 Å². The summed E-state index contributed by atoms with van der Waals surface area (Å²) in [6.45, 7) is 0.